The van der Waals surface area contributed by atoms with E-state index in [2.05, 4.69) is 0 Å². The van der Waals surface area contributed by atoms with Crippen LogP contribution < -0.4 is 0 Å². The lowest BCUT2D eigenvalue weighted by Gasteiger charge is -1.91. The first-order valence-electron chi connectivity index (χ1n) is 5.15. The van der Waals surface area contributed by atoms with Gasteiger partial charge in [0.1, 0.15) is 0 Å². The SMILES string of the molecule is OC1CCCC1.OC1CCCC1. The fraction of sp³-hybridized carbons (Fsp3) is 1.00. The molecule has 2 aliphatic carbocycles. The van der Waals surface area contributed by atoms with Gasteiger partial charge in [-0.15, -0.1) is 0 Å². The smallest absolute Gasteiger partial charge is 0.0540 e. The van der Waals surface area contributed by atoms with Crippen LogP contribution in [0.15, 0.2) is 0 Å². The van der Waals surface area contributed by atoms with Crippen molar-refractivity contribution >= 4 is 0 Å². The first-order valence-corrected chi connectivity index (χ1v) is 5.15. The van der Waals surface area contributed by atoms with Gasteiger partial charge in [-0.2, -0.15) is 0 Å². The predicted molar refractivity (Wildman–Crippen MR) is 48.9 cm³/mol. The van der Waals surface area contributed by atoms with Crippen LogP contribution >= 0.6 is 0 Å². The van der Waals surface area contributed by atoms with Crippen LogP contribution in [0, 0.1) is 0 Å². The maximum absolute atomic E-state index is 8.73. The van der Waals surface area contributed by atoms with Crippen LogP contribution in [0.5, 0.6) is 0 Å². The molecule has 0 aromatic rings. The zero-order valence-electron chi connectivity index (χ0n) is 7.71. The van der Waals surface area contributed by atoms with Crippen molar-refractivity contribution in [1.82, 2.24) is 0 Å². The Hall–Kier alpha value is -0.0800. The molecule has 2 aliphatic rings. The van der Waals surface area contributed by atoms with Crippen LogP contribution in [0.4, 0.5) is 0 Å². The van der Waals surface area contributed by atoms with Crippen molar-refractivity contribution in [3.05, 3.63) is 0 Å². The third-order valence-electron chi connectivity index (χ3n) is 2.65. The number of hydrogen-bond acceptors (Lipinski definition) is 2. The quantitative estimate of drug-likeness (QED) is 0.585. The van der Waals surface area contributed by atoms with Crippen molar-refractivity contribution in [3.8, 4) is 0 Å². The van der Waals surface area contributed by atoms with E-state index in [-0.39, 0.29) is 12.2 Å². The normalized spacial score (nSPS) is 25.5. The van der Waals surface area contributed by atoms with Crippen molar-refractivity contribution in [2.75, 3.05) is 0 Å². The van der Waals surface area contributed by atoms with Gasteiger partial charge in [0.2, 0.25) is 0 Å². The molecule has 0 unspecified atom stereocenters. The van der Waals surface area contributed by atoms with Crippen molar-refractivity contribution < 1.29 is 10.2 Å². The summed E-state index contributed by atoms with van der Waals surface area (Å²) in [6.45, 7) is 0. The van der Waals surface area contributed by atoms with E-state index in [1.807, 2.05) is 0 Å². The van der Waals surface area contributed by atoms with Crippen molar-refractivity contribution in [3.63, 3.8) is 0 Å². The third kappa shape index (κ3) is 4.07. The Morgan fingerprint density at radius 2 is 0.833 bits per heavy atom. The van der Waals surface area contributed by atoms with E-state index in [0.717, 1.165) is 25.7 Å². The molecule has 12 heavy (non-hydrogen) atoms. The second kappa shape index (κ2) is 5.55. The van der Waals surface area contributed by atoms with Crippen molar-refractivity contribution in [1.29, 1.82) is 0 Å². The predicted octanol–water partition coefficient (Wildman–Crippen LogP) is 1.84. The van der Waals surface area contributed by atoms with E-state index in [0.29, 0.717) is 0 Å². The zero-order chi connectivity index (χ0) is 8.81. The molecule has 0 radical (unpaired) electrons. The van der Waals surface area contributed by atoms with Gasteiger partial charge in [0.15, 0.2) is 0 Å². The van der Waals surface area contributed by atoms with Crippen molar-refractivity contribution in [2.45, 2.75) is 63.6 Å². The summed E-state index contributed by atoms with van der Waals surface area (Å²) in [6.07, 6.45) is 9.21. The maximum Gasteiger partial charge on any atom is 0.0540 e. The molecular weight excluding hydrogens is 152 g/mol. The Kier molecular flexibility index (Phi) is 4.62. The molecule has 2 N–H and O–H groups in total. The molecular formula is C10H20O2. The fourth-order valence-corrected chi connectivity index (χ4v) is 1.81. The second-order valence-electron chi connectivity index (χ2n) is 3.88. The average Bonchev–Trinajstić information content (AvgIpc) is 2.63. The lowest BCUT2D eigenvalue weighted by Crippen LogP contribution is -1.94. The highest BCUT2D eigenvalue weighted by molar-refractivity contribution is 4.63. The summed E-state index contributed by atoms with van der Waals surface area (Å²) in [5, 5.41) is 17.5. The Bertz CT molecular complexity index is 88.4. The molecule has 0 saturated heterocycles. The summed E-state index contributed by atoms with van der Waals surface area (Å²) in [5.41, 5.74) is 0. The molecule has 2 saturated carbocycles. The number of aliphatic hydroxyl groups is 2. The summed E-state index contributed by atoms with van der Waals surface area (Å²) >= 11 is 0. The monoisotopic (exact) mass is 172 g/mol. The van der Waals surface area contributed by atoms with Gasteiger partial charge >= 0.3 is 0 Å². The highest BCUT2D eigenvalue weighted by Gasteiger charge is 2.09. The molecule has 0 aliphatic heterocycles. The Morgan fingerprint density at radius 1 is 0.583 bits per heavy atom. The maximum atomic E-state index is 8.73. The molecule has 0 aromatic carbocycles. The lowest BCUT2D eigenvalue weighted by atomic mass is 10.3. The minimum absolute atomic E-state index is 0.0463. The summed E-state index contributed by atoms with van der Waals surface area (Å²) in [6, 6.07) is 0. The van der Waals surface area contributed by atoms with E-state index < -0.39 is 0 Å². The summed E-state index contributed by atoms with van der Waals surface area (Å²) in [7, 11) is 0. The average molecular weight is 172 g/mol. The molecule has 72 valence electrons. The molecule has 0 spiro atoms. The lowest BCUT2D eigenvalue weighted by molar-refractivity contribution is 0.183. The Labute approximate surface area is 74.6 Å². The van der Waals surface area contributed by atoms with E-state index >= 15 is 0 Å². The minimum Gasteiger partial charge on any atom is -0.393 e. The van der Waals surface area contributed by atoms with Crippen LogP contribution in [0.1, 0.15) is 51.4 Å². The topological polar surface area (TPSA) is 40.5 Å². The van der Waals surface area contributed by atoms with E-state index in [1.54, 1.807) is 0 Å². The van der Waals surface area contributed by atoms with Gasteiger partial charge in [0, 0.05) is 0 Å². The van der Waals surface area contributed by atoms with E-state index in [4.69, 9.17) is 10.2 Å². The number of hydrogen-bond donors (Lipinski definition) is 2. The number of rotatable bonds is 0. The fourth-order valence-electron chi connectivity index (χ4n) is 1.81. The summed E-state index contributed by atoms with van der Waals surface area (Å²) in [4.78, 5) is 0. The summed E-state index contributed by atoms with van der Waals surface area (Å²) < 4.78 is 0. The molecule has 0 amide bonds. The molecule has 0 heterocycles. The Morgan fingerprint density at radius 3 is 0.917 bits per heavy atom. The summed E-state index contributed by atoms with van der Waals surface area (Å²) in [5.74, 6) is 0. The number of aliphatic hydroxyl groups excluding tert-OH is 2. The molecule has 2 fully saturated rings. The van der Waals surface area contributed by atoms with Crippen LogP contribution in [0.2, 0.25) is 0 Å². The van der Waals surface area contributed by atoms with E-state index in [9.17, 15) is 0 Å². The third-order valence-corrected chi connectivity index (χ3v) is 2.65. The standard InChI is InChI=1S/2C5H10O/c2*6-5-3-1-2-4-5/h2*5-6H,1-4H2. The molecule has 0 bridgehead atoms. The van der Waals surface area contributed by atoms with Crippen LogP contribution in [0.3, 0.4) is 0 Å². The zero-order valence-corrected chi connectivity index (χ0v) is 7.71. The van der Waals surface area contributed by atoms with Gasteiger partial charge in [-0.25, -0.2) is 0 Å². The molecule has 2 heteroatoms. The molecule has 0 aromatic heterocycles. The first-order chi connectivity index (χ1) is 5.79. The second-order valence-corrected chi connectivity index (χ2v) is 3.88. The highest BCUT2D eigenvalue weighted by Crippen LogP contribution is 2.16. The van der Waals surface area contributed by atoms with Crippen LogP contribution in [-0.4, -0.2) is 22.4 Å². The Balaban J connectivity index is 0.000000120. The van der Waals surface area contributed by atoms with Gasteiger partial charge in [-0.1, -0.05) is 25.7 Å². The molecule has 2 rings (SSSR count). The van der Waals surface area contributed by atoms with Gasteiger partial charge in [-0.3, -0.25) is 0 Å². The minimum atomic E-state index is 0.0463. The highest BCUT2D eigenvalue weighted by atomic mass is 16.3. The molecule has 0 atom stereocenters. The molecule has 2 nitrogen and oxygen atoms in total. The van der Waals surface area contributed by atoms with Gasteiger partial charge in [-0.05, 0) is 25.7 Å². The van der Waals surface area contributed by atoms with Crippen LogP contribution in [-0.2, 0) is 0 Å². The van der Waals surface area contributed by atoms with Gasteiger partial charge in [0.05, 0.1) is 12.2 Å². The largest absolute Gasteiger partial charge is 0.393 e. The van der Waals surface area contributed by atoms with Crippen LogP contribution in [0.25, 0.3) is 0 Å². The van der Waals surface area contributed by atoms with Gasteiger partial charge < -0.3 is 10.2 Å². The first kappa shape index (κ1) is 10.0. The van der Waals surface area contributed by atoms with Crippen molar-refractivity contribution in [2.24, 2.45) is 0 Å². The van der Waals surface area contributed by atoms with Gasteiger partial charge in [0.25, 0.3) is 0 Å². The van der Waals surface area contributed by atoms with E-state index in [1.165, 1.54) is 25.7 Å².